The highest BCUT2D eigenvalue weighted by atomic mass is 28.3. The highest BCUT2D eigenvalue weighted by Crippen LogP contribution is 2.36. The zero-order valence-electron chi connectivity index (χ0n) is 13.2. The second kappa shape index (κ2) is 6.58. The van der Waals surface area contributed by atoms with Crippen molar-refractivity contribution in [3.05, 3.63) is 53.8 Å². The van der Waals surface area contributed by atoms with Crippen molar-refractivity contribution in [2.45, 2.75) is 44.6 Å². The van der Waals surface area contributed by atoms with Gasteiger partial charge in [-0.3, -0.25) is 4.90 Å². The topological polar surface area (TPSA) is 3.24 Å². The van der Waals surface area contributed by atoms with Crippen molar-refractivity contribution in [1.29, 1.82) is 0 Å². The van der Waals surface area contributed by atoms with Gasteiger partial charge < -0.3 is 0 Å². The molecule has 1 fully saturated rings. The Morgan fingerprint density at radius 3 is 2.55 bits per heavy atom. The van der Waals surface area contributed by atoms with E-state index in [0.29, 0.717) is 0 Å². The molecule has 0 radical (unpaired) electrons. The Kier molecular flexibility index (Phi) is 5.04. The van der Waals surface area contributed by atoms with E-state index in [1.54, 1.807) is 0 Å². The first-order valence-electron chi connectivity index (χ1n) is 7.66. The highest BCUT2D eigenvalue weighted by Gasteiger charge is 2.32. The highest BCUT2D eigenvalue weighted by molar-refractivity contribution is 6.78. The van der Waals surface area contributed by atoms with Crippen LogP contribution < -0.4 is 0 Å². The number of likely N-dealkylation sites (tertiary alicyclic amines) is 1. The van der Waals surface area contributed by atoms with Gasteiger partial charge in [0.2, 0.25) is 0 Å². The minimum Gasteiger partial charge on any atom is -0.295 e. The number of hydrogen-bond acceptors (Lipinski definition) is 1. The third kappa shape index (κ3) is 3.96. The molecule has 0 spiro atoms. The van der Waals surface area contributed by atoms with Crippen LogP contribution in [0.25, 0.3) is 0 Å². The zero-order chi connectivity index (χ0) is 14.6. The fourth-order valence-electron chi connectivity index (χ4n) is 3.23. The fraction of sp³-hybridized carbons (Fsp3) is 0.500. The molecule has 2 rings (SSSR count). The lowest BCUT2D eigenvalue weighted by Crippen LogP contribution is -2.31. The van der Waals surface area contributed by atoms with Gasteiger partial charge in [-0.1, -0.05) is 56.6 Å². The SMILES string of the molecule is C=C=C1CN(Cc2ccccc2)CCCC1[Si](C)(C)C. The van der Waals surface area contributed by atoms with Crippen LogP contribution in [0, 0.1) is 0 Å². The van der Waals surface area contributed by atoms with E-state index in [2.05, 4.69) is 67.2 Å². The van der Waals surface area contributed by atoms with Crippen molar-refractivity contribution in [3.8, 4) is 0 Å². The second-order valence-corrected chi connectivity index (χ2v) is 12.4. The van der Waals surface area contributed by atoms with Crippen LogP contribution in [0.2, 0.25) is 25.2 Å². The van der Waals surface area contributed by atoms with Crippen LogP contribution in [0.15, 0.2) is 48.2 Å². The molecule has 1 heterocycles. The van der Waals surface area contributed by atoms with Gasteiger partial charge in [-0.25, -0.2) is 0 Å². The second-order valence-electron chi connectivity index (χ2n) is 6.96. The van der Waals surface area contributed by atoms with Crippen molar-refractivity contribution in [2.24, 2.45) is 0 Å². The molecule has 2 heteroatoms. The summed E-state index contributed by atoms with van der Waals surface area (Å²) in [6, 6.07) is 10.8. The van der Waals surface area contributed by atoms with Crippen LogP contribution in [0.1, 0.15) is 18.4 Å². The molecule has 0 amide bonds. The summed E-state index contributed by atoms with van der Waals surface area (Å²) < 4.78 is 0. The third-order valence-electron chi connectivity index (χ3n) is 4.30. The van der Waals surface area contributed by atoms with Crippen LogP contribution in [-0.2, 0) is 6.54 Å². The van der Waals surface area contributed by atoms with Gasteiger partial charge in [0.05, 0.1) is 8.07 Å². The van der Waals surface area contributed by atoms with Crippen molar-refractivity contribution >= 4 is 8.07 Å². The first-order valence-corrected chi connectivity index (χ1v) is 11.2. The van der Waals surface area contributed by atoms with Crippen LogP contribution >= 0.6 is 0 Å². The van der Waals surface area contributed by atoms with Gasteiger partial charge in [0.15, 0.2) is 0 Å². The molecule has 20 heavy (non-hydrogen) atoms. The molecule has 1 saturated heterocycles. The minimum absolute atomic E-state index is 0.751. The molecule has 1 atom stereocenters. The van der Waals surface area contributed by atoms with Crippen LogP contribution in [0.5, 0.6) is 0 Å². The van der Waals surface area contributed by atoms with Gasteiger partial charge in [-0.05, 0) is 36.1 Å². The molecular weight excluding hydrogens is 258 g/mol. The molecule has 0 bridgehead atoms. The molecule has 1 aromatic carbocycles. The fourth-order valence-corrected chi connectivity index (χ4v) is 5.54. The maximum absolute atomic E-state index is 3.96. The smallest absolute Gasteiger partial charge is 0.0526 e. The number of benzene rings is 1. The molecule has 1 unspecified atom stereocenters. The average molecular weight is 286 g/mol. The van der Waals surface area contributed by atoms with E-state index in [1.165, 1.54) is 30.5 Å². The Hall–Kier alpha value is -1.08. The third-order valence-corrected chi connectivity index (χ3v) is 7.03. The molecule has 108 valence electrons. The van der Waals surface area contributed by atoms with E-state index >= 15 is 0 Å². The molecule has 1 aliphatic heterocycles. The predicted octanol–water partition coefficient (Wildman–Crippen LogP) is 4.70. The quantitative estimate of drug-likeness (QED) is 0.574. The van der Waals surface area contributed by atoms with Gasteiger partial charge >= 0.3 is 0 Å². The molecule has 1 nitrogen and oxygen atoms in total. The predicted molar refractivity (Wildman–Crippen MR) is 90.7 cm³/mol. The summed E-state index contributed by atoms with van der Waals surface area (Å²) in [7, 11) is -1.16. The van der Waals surface area contributed by atoms with Crippen LogP contribution in [-0.4, -0.2) is 26.1 Å². The van der Waals surface area contributed by atoms with Crippen molar-refractivity contribution in [2.75, 3.05) is 13.1 Å². The summed E-state index contributed by atoms with van der Waals surface area (Å²) in [6.07, 6.45) is 2.62. The van der Waals surface area contributed by atoms with Gasteiger partial charge in [0, 0.05) is 13.1 Å². The number of hydrogen-bond donors (Lipinski definition) is 0. The Labute approximate surface area is 125 Å². The molecular formula is C18H27NSi. The average Bonchev–Trinajstić information content (AvgIpc) is 2.61. The van der Waals surface area contributed by atoms with Crippen molar-refractivity contribution in [3.63, 3.8) is 0 Å². The van der Waals surface area contributed by atoms with Crippen molar-refractivity contribution in [1.82, 2.24) is 4.90 Å². The Balaban J connectivity index is 2.10. The largest absolute Gasteiger partial charge is 0.295 e. The molecule has 1 aromatic rings. The Morgan fingerprint density at radius 2 is 1.95 bits per heavy atom. The van der Waals surface area contributed by atoms with Crippen molar-refractivity contribution < 1.29 is 0 Å². The summed E-state index contributed by atoms with van der Waals surface area (Å²) >= 11 is 0. The van der Waals surface area contributed by atoms with E-state index in [4.69, 9.17) is 0 Å². The first-order chi connectivity index (χ1) is 9.50. The van der Waals surface area contributed by atoms with E-state index in [-0.39, 0.29) is 0 Å². The van der Waals surface area contributed by atoms with E-state index < -0.39 is 8.07 Å². The van der Waals surface area contributed by atoms with Gasteiger partial charge in [-0.2, -0.15) is 0 Å². The lowest BCUT2D eigenvalue weighted by atomic mass is 10.1. The standard InChI is InChI=1S/C18H27NSi/c1-5-17-15-19(14-16-10-7-6-8-11-16)13-9-12-18(17)20(2,3)4/h6-8,10-11,18H,1,9,12-15H2,2-4H3. The maximum Gasteiger partial charge on any atom is 0.0526 e. The summed E-state index contributed by atoms with van der Waals surface area (Å²) in [4.78, 5) is 2.56. The van der Waals surface area contributed by atoms with E-state index in [1.807, 2.05) is 0 Å². The molecule has 0 aromatic heterocycles. The normalized spacial score (nSPS) is 21.4. The van der Waals surface area contributed by atoms with Crippen LogP contribution in [0.4, 0.5) is 0 Å². The number of rotatable bonds is 3. The summed E-state index contributed by atoms with van der Waals surface area (Å²) in [5.74, 6) is 0. The lowest BCUT2D eigenvalue weighted by Gasteiger charge is -2.29. The van der Waals surface area contributed by atoms with E-state index in [9.17, 15) is 0 Å². The molecule has 0 aliphatic carbocycles. The van der Waals surface area contributed by atoms with Crippen LogP contribution in [0.3, 0.4) is 0 Å². The summed E-state index contributed by atoms with van der Waals surface area (Å²) in [5.41, 5.74) is 6.89. The van der Waals surface area contributed by atoms with E-state index in [0.717, 1.165) is 18.6 Å². The maximum atomic E-state index is 3.96. The molecule has 1 aliphatic rings. The van der Waals surface area contributed by atoms with Gasteiger partial charge in [-0.15, -0.1) is 5.73 Å². The van der Waals surface area contributed by atoms with Gasteiger partial charge in [0.25, 0.3) is 0 Å². The monoisotopic (exact) mass is 285 g/mol. The molecule has 0 saturated carbocycles. The first kappa shape index (κ1) is 15.3. The Morgan fingerprint density at radius 1 is 1.25 bits per heavy atom. The van der Waals surface area contributed by atoms with Gasteiger partial charge in [0.1, 0.15) is 0 Å². The summed E-state index contributed by atoms with van der Waals surface area (Å²) in [6.45, 7) is 14.7. The lowest BCUT2D eigenvalue weighted by molar-refractivity contribution is 0.295. The zero-order valence-corrected chi connectivity index (χ0v) is 14.2. The molecule has 0 N–H and O–H groups in total. The number of nitrogens with zero attached hydrogens (tertiary/aromatic N) is 1. The summed E-state index contributed by atoms with van der Waals surface area (Å²) in [5, 5.41) is 0. The Bertz CT molecular complexity index is 480. The minimum atomic E-state index is -1.16.